The number of ether oxygens (including phenoxy) is 1. The van der Waals surface area contributed by atoms with E-state index in [0.717, 1.165) is 28.5 Å². The molecular formula is C18H18O2S. The molecule has 0 aliphatic heterocycles. The van der Waals surface area contributed by atoms with Crippen molar-refractivity contribution >= 4 is 22.1 Å². The van der Waals surface area contributed by atoms with Gasteiger partial charge in [0.1, 0.15) is 5.75 Å². The first kappa shape index (κ1) is 14.1. The van der Waals surface area contributed by atoms with Crippen molar-refractivity contribution in [2.24, 2.45) is 0 Å². The van der Waals surface area contributed by atoms with E-state index in [9.17, 15) is 5.11 Å². The first-order valence-corrected chi connectivity index (χ1v) is 8.03. The van der Waals surface area contributed by atoms with E-state index < -0.39 is 6.10 Å². The molecule has 1 aromatic heterocycles. The molecule has 1 N–H and O–H groups in total. The number of thiophene rings is 1. The Morgan fingerprint density at radius 1 is 1.14 bits per heavy atom. The molecule has 1 atom stereocenters. The number of hydrogen-bond acceptors (Lipinski definition) is 3. The van der Waals surface area contributed by atoms with Gasteiger partial charge in [-0.2, -0.15) is 11.3 Å². The maximum atomic E-state index is 9.97. The molecule has 108 valence electrons. The molecule has 0 radical (unpaired) electrons. The fraction of sp³-hybridized carbons (Fsp3) is 0.222. The fourth-order valence-electron chi connectivity index (χ4n) is 2.46. The first-order valence-electron chi connectivity index (χ1n) is 7.09. The molecule has 1 heterocycles. The summed E-state index contributed by atoms with van der Waals surface area (Å²) >= 11 is 1.70. The van der Waals surface area contributed by atoms with Gasteiger partial charge in [-0.25, -0.2) is 0 Å². The number of benzene rings is 2. The van der Waals surface area contributed by atoms with Crippen LogP contribution in [0.3, 0.4) is 0 Å². The molecule has 0 saturated carbocycles. The van der Waals surface area contributed by atoms with Crippen LogP contribution < -0.4 is 4.74 Å². The van der Waals surface area contributed by atoms with Crippen LogP contribution in [0, 0.1) is 0 Å². The smallest absolute Gasteiger partial charge is 0.132 e. The summed E-state index contributed by atoms with van der Waals surface area (Å²) in [7, 11) is 0. The van der Waals surface area contributed by atoms with Crippen LogP contribution in [-0.4, -0.2) is 11.7 Å². The van der Waals surface area contributed by atoms with Crippen LogP contribution in [-0.2, 0) is 6.42 Å². The van der Waals surface area contributed by atoms with Crippen LogP contribution in [0.4, 0.5) is 0 Å². The van der Waals surface area contributed by atoms with Crippen molar-refractivity contribution in [3.63, 3.8) is 0 Å². The van der Waals surface area contributed by atoms with Crippen molar-refractivity contribution in [1.82, 2.24) is 0 Å². The lowest BCUT2D eigenvalue weighted by atomic mass is 10.0. The molecule has 3 aromatic rings. The SMILES string of the molecule is C[C@@H](O)c1ccc2ccccc2c1OCCc1ccsc1. The second-order valence-electron chi connectivity index (χ2n) is 5.11. The molecule has 0 aliphatic carbocycles. The van der Waals surface area contributed by atoms with E-state index in [-0.39, 0.29) is 0 Å². The van der Waals surface area contributed by atoms with E-state index in [1.54, 1.807) is 18.3 Å². The molecule has 2 aromatic carbocycles. The molecule has 3 heteroatoms. The molecular weight excluding hydrogens is 280 g/mol. The van der Waals surface area contributed by atoms with E-state index >= 15 is 0 Å². The fourth-order valence-corrected chi connectivity index (χ4v) is 3.16. The van der Waals surface area contributed by atoms with Crippen LogP contribution in [0.5, 0.6) is 5.75 Å². The molecule has 0 bridgehead atoms. The number of aliphatic hydroxyl groups excluding tert-OH is 1. The summed E-state index contributed by atoms with van der Waals surface area (Å²) in [4.78, 5) is 0. The Kier molecular flexibility index (Phi) is 4.23. The number of fused-ring (bicyclic) bond motifs is 1. The quantitative estimate of drug-likeness (QED) is 0.747. The highest BCUT2D eigenvalue weighted by molar-refractivity contribution is 7.07. The minimum atomic E-state index is -0.536. The van der Waals surface area contributed by atoms with E-state index in [1.165, 1.54) is 5.56 Å². The van der Waals surface area contributed by atoms with Gasteiger partial charge in [0.25, 0.3) is 0 Å². The normalized spacial score (nSPS) is 12.5. The third-order valence-electron chi connectivity index (χ3n) is 3.58. The number of rotatable bonds is 5. The van der Waals surface area contributed by atoms with Crippen LogP contribution in [0.15, 0.2) is 53.2 Å². The van der Waals surface area contributed by atoms with Gasteiger partial charge in [0.2, 0.25) is 0 Å². The maximum absolute atomic E-state index is 9.97. The zero-order valence-corrected chi connectivity index (χ0v) is 12.8. The Hall–Kier alpha value is -1.84. The molecule has 0 aliphatic rings. The summed E-state index contributed by atoms with van der Waals surface area (Å²) in [6.45, 7) is 2.39. The van der Waals surface area contributed by atoms with E-state index in [0.29, 0.717) is 6.61 Å². The van der Waals surface area contributed by atoms with Gasteiger partial charge in [-0.15, -0.1) is 0 Å². The van der Waals surface area contributed by atoms with Gasteiger partial charge in [-0.1, -0.05) is 36.4 Å². The second-order valence-corrected chi connectivity index (χ2v) is 5.89. The molecule has 0 amide bonds. The standard InChI is InChI=1S/C18H18O2S/c1-13(19)16-7-6-15-4-2-3-5-17(15)18(16)20-10-8-14-9-11-21-12-14/h2-7,9,11-13,19H,8,10H2,1H3/t13-/m1/s1. The predicted octanol–water partition coefficient (Wildman–Crippen LogP) is 4.58. The zero-order valence-electron chi connectivity index (χ0n) is 12.0. The summed E-state index contributed by atoms with van der Waals surface area (Å²) in [5.74, 6) is 0.804. The van der Waals surface area contributed by atoms with Crippen molar-refractivity contribution in [2.75, 3.05) is 6.61 Å². The first-order chi connectivity index (χ1) is 10.3. The van der Waals surface area contributed by atoms with Crippen LogP contribution in [0.25, 0.3) is 10.8 Å². The zero-order chi connectivity index (χ0) is 14.7. The topological polar surface area (TPSA) is 29.5 Å². The van der Waals surface area contributed by atoms with Crippen molar-refractivity contribution in [3.8, 4) is 5.75 Å². The Balaban J connectivity index is 1.89. The Morgan fingerprint density at radius 2 is 2.00 bits per heavy atom. The molecule has 0 spiro atoms. The Bertz CT molecular complexity index is 717. The van der Waals surface area contributed by atoms with E-state index in [1.807, 2.05) is 30.3 Å². The lowest BCUT2D eigenvalue weighted by Gasteiger charge is -2.16. The van der Waals surface area contributed by atoms with Crippen LogP contribution >= 0.6 is 11.3 Å². The minimum absolute atomic E-state index is 0.536. The second kappa shape index (κ2) is 6.29. The van der Waals surface area contributed by atoms with Crippen molar-refractivity contribution < 1.29 is 9.84 Å². The number of aliphatic hydroxyl groups is 1. The molecule has 21 heavy (non-hydrogen) atoms. The number of hydrogen-bond donors (Lipinski definition) is 1. The average Bonchev–Trinajstić information content (AvgIpc) is 3.00. The average molecular weight is 298 g/mol. The highest BCUT2D eigenvalue weighted by Crippen LogP contribution is 2.33. The summed E-state index contributed by atoms with van der Waals surface area (Å²) in [6, 6.07) is 14.2. The maximum Gasteiger partial charge on any atom is 0.132 e. The third-order valence-corrected chi connectivity index (χ3v) is 4.31. The molecule has 0 unspecified atom stereocenters. The van der Waals surface area contributed by atoms with Gasteiger partial charge in [-0.05, 0) is 34.7 Å². The van der Waals surface area contributed by atoms with Crippen molar-refractivity contribution in [1.29, 1.82) is 0 Å². The third kappa shape index (κ3) is 3.09. The monoisotopic (exact) mass is 298 g/mol. The molecule has 0 fully saturated rings. The highest BCUT2D eigenvalue weighted by Gasteiger charge is 2.13. The van der Waals surface area contributed by atoms with Crippen molar-refractivity contribution in [2.45, 2.75) is 19.4 Å². The summed E-state index contributed by atoms with van der Waals surface area (Å²) in [5.41, 5.74) is 2.14. The van der Waals surface area contributed by atoms with E-state index in [2.05, 4.69) is 22.9 Å². The van der Waals surface area contributed by atoms with Crippen molar-refractivity contribution in [3.05, 3.63) is 64.4 Å². The van der Waals surface area contributed by atoms with Gasteiger partial charge in [0.15, 0.2) is 0 Å². The molecule has 3 rings (SSSR count). The van der Waals surface area contributed by atoms with Gasteiger partial charge in [0.05, 0.1) is 12.7 Å². The van der Waals surface area contributed by atoms with Gasteiger partial charge in [0, 0.05) is 17.4 Å². The lowest BCUT2D eigenvalue weighted by molar-refractivity contribution is 0.192. The lowest BCUT2D eigenvalue weighted by Crippen LogP contribution is -2.05. The molecule has 0 saturated heterocycles. The minimum Gasteiger partial charge on any atom is -0.492 e. The summed E-state index contributed by atoms with van der Waals surface area (Å²) in [6.07, 6.45) is 0.345. The van der Waals surface area contributed by atoms with Gasteiger partial charge < -0.3 is 9.84 Å². The van der Waals surface area contributed by atoms with Crippen LogP contribution in [0.2, 0.25) is 0 Å². The van der Waals surface area contributed by atoms with Gasteiger partial charge >= 0.3 is 0 Å². The highest BCUT2D eigenvalue weighted by atomic mass is 32.1. The summed E-state index contributed by atoms with van der Waals surface area (Å²) < 4.78 is 6.03. The predicted molar refractivity (Wildman–Crippen MR) is 88.1 cm³/mol. The Labute approximate surface area is 128 Å². The molecule has 2 nitrogen and oxygen atoms in total. The van der Waals surface area contributed by atoms with Crippen LogP contribution in [0.1, 0.15) is 24.2 Å². The van der Waals surface area contributed by atoms with Gasteiger partial charge in [-0.3, -0.25) is 0 Å². The Morgan fingerprint density at radius 3 is 2.76 bits per heavy atom. The summed E-state index contributed by atoms with van der Waals surface area (Å²) in [5, 5.41) is 16.4. The largest absolute Gasteiger partial charge is 0.492 e. The van der Waals surface area contributed by atoms with E-state index in [4.69, 9.17) is 4.74 Å².